The Hall–Kier alpha value is -1.31. The van der Waals surface area contributed by atoms with Gasteiger partial charge in [-0.25, -0.2) is 4.79 Å². The quantitative estimate of drug-likeness (QED) is 0.811. The van der Waals surface area contributed by atoms with Crippen LogP contribution in [0.25, 0.3) is 0 Å². The van der Waals surface area contributed by atoms with Crippen LogP contribution in [0, 0.1) is 0 Å². The van der Waals surface area contributed by atoms with Gasteiger partial charge in [-0.05, 0) is 19.8 Å². The summed E-state index contributed by atoms with van der Waals surface area (Å²) in [5, 5.41) is 18.3. The predicted molar refractivity (Wildman–Crippen MR) is 58.3 cm³/mol. The molecule has 1 unspecified atom stereocenters. The van der Waals surface area contributed by atoms with E-state index in [2.05, 4.69) is 0 Å². The van der Waals surface area contributed by atoms with Gasteiger partial charge in [0.15, 0.2) is 0 Å². The minimum absolute atomic E-state index is 0.170. The molecule has 1 fully saturated rings. The Morgan fingerprint density at radius 2 is 1.79 bits per heavy atom. The van der Waals surface area contributed by atoms with Crippen molar-refractivity contribution in [2.45, 2.75) is 50.4 Å². The Morgan fingerprint density at radius 3 is 2.11 bits per heavy atom. The van der Waals surface area contributed by atoms with Gasteiger partial charge in [0.05, 0.1) is 12.1 Å². The van der Waals surface area contributed by atoms with E-state index in [9.17, 15) is 27.9 Å². The predicted octanol–water partition coefficient (Wildman–Crippen LogP) is 1.16. The van der Waals surface area contributed by atoms with Gasteiger partial charge in [-0.15, -0.1) is 0 Å². The molecule has 1 aliphatic rings. The molecule has 0 aliphatic heterocycles. The van der Waals surface area contributed by atoms with Crippen molar-refractivity contribution in [2.75, 3.05) is 6.61 Å². The largest absolute Gasteiger partial charge is 0.480 e. The van der Waals surface area contributed by atoms with Crippen LogP contribution in [-0.4, -0.2) is 51.4 Å². The average Bonchev–Trinajstić information content (AvgIpc) is 2.77. The number of aliphatic carboxylic acids is 1. The van der Waals surface area contributed by atoms with Crippen LogP contribution in [0.15, 0.2) is 0 Å². The molecule has 2 N–H and O–H groups in total. The molecule has 8 heteroatoms. The number of aliphatic hydroxyl groups is 1. The summed E-state index contributed by atoms with van der Waals surface area (Å²) in [7, 11) is 0. The number of carbonyl (C=O) groups excluding carboxylic acids is 1. The van der Waals surface area contributed by atoms with Crippen LogP contribution in [0.4, 0.5) is 13.2 Å². The Labute approximate surface area is 108 Å². The van der Waals surface area contributed by atoms with E-state index >= 15 is 0 Å². The van der Waals surface area contributed by atoms with Gasteiger partial charge in [-0.1, -0.05) is 12.8 Å². The highest BCUT2D eigenvalue weighted by atomic mass is 19.4. The summed E-state index contributed by atoms with van der Waals surface area (Å²) >= 11 is 0. The van der Waals surface area contributed by atoms with E-state index in [0.717, 1.165) is 6.92 Å². The van der Waals surface area contributed by atoms with Gasteiger partial charge in [0, 0.05) is 0 Å². The Kier molecular flexibility index (Phi) is 4.44. The molecule has 1 aliphatic carbocycles. The van der Waals surface area contributed by atoms with Gasteiger partial charge >= 0.3 is 18.1 Å². The van der Waals surface area contributed by atoms with Crippen molar-refractivity contribution >= 4 is 11.9 Å². The number of carbonyl (C=O) groups is 2. The number of carboxylic acids is 1. The van der Waals surface area contributed by atoms with Crippen LogP contribution in [0.5, 0.6) is 0 Å². The van der Waals surface area contributed by atoms with Crippen LogP contribution >= 0.6 is 0 Å². The summed E-state index contributed by atoms with van der Waals surface area (Å²) in [6.45, 7) is 0.341. The first-order valence-electron chi connectivity index (χ1n) is 5.90. The molecule has 1 atom stereocenters. The maximum absolute atomic E-state index is 12.6. The van der Waals surface area contributed by atoms with Crippen LogP contribution < -0.4 is 0 Å². The normalized spacial score (nSPS) is 20.1. The molecule has 0 aromatic rings. The standard InChI is InChI=1S/C11H16F3NO4/c1-7(8(17)18)15(9(19)11(12,13)14)10(6-16)4-2-3-5-10/h7,16H,2-6H2,1H3,(H,17,18). The lowest BCUT2D eigenvalue weighted by molar-refractivity contribution is -0.198. The van der Waals surface area contributed by atoms with Gasteiger partial charge in [-0.2, -0.15) is 13.2 Å². The van der Waals surface area contributed by atoms with E-state index in [1.54, 1.807) is 0 Å². The first kappa shape index (κ1) is 15.7. The van der Waals surface area contributed by atoms with E-state index in [-0.39, 0.29) is 12.8 Å². The molecule has 0 bridgehead atoms. The maximum Gasteiger partial charge on any atom is 0.471 e. The number of aliphatic hydroxyl groups excluding tert-OH is 1. The van der Waals surface area contributed by atoms with Gasteiger partial charge in [0.25, 0.3) is 0 Å². The second kappa shape index (κ2) is 5.36. The Balaban J connectivity index is 3.19. The SMILES string of the molecule is CC(C(=O)O)N(C(=O)C(F)(F)F)C1(CO)CCCC1. The third-order valence-electron chi connectivity index (χ3n) is 3.55. The average molecular weight is 283 g/mol. The Bertz CT molecular complexity index is 363. The highest BCUT2D eigenvalue weighted by Gasteiger charge is 2.53. The molecule has 0 radical (unpaired) electrons. The fourth-order valence-corrected chi connectivity index (χ4v) is 2.56. The zero-order valence-electron chi connectivity index (χ0n) is 10.4. The summed E-state index contributed by atoms with van der Waals surface area (Å²) in [6, 6.07) is -1.64. The summed E-state index contributed by atoms with van der Waals surface area (Å²) in [4.78, 5) is 22.7. The zero-order chi connectivity index (χ0) is 14.8. The van der Waals surface area contributed by atoms with E-state index < -0.39 is 36.2 Å². The third-order valence-corrected chi connectivity index (χ3v) is 3.55. The number of hydrogen-bond acceptors (Lipinski definition) is 3. The molecule has 5 nitrogen and oxygen atoms in total. The lowest BCUT2D eigenvalue weighted by Crippen LogP contribution is -2.61. The molecule has 0 heterocycles. The number of hydrogen-bond donors (Lipinski definition) is 2. The fraction of sp³-hybridized carbons (Fsp3) is 0.818. The summed E-state index contributed by atoms with van der Waals surface area (Å²) in [6.07, 6.45) is -3.72. The first-order valence-corrected chi connectivity index (χ1v) is 5.90. The first-order chi connectivity index (χ1) is 8.65. The topological polar surface area (TPSA) is 77.8 Å². The van der Waals surface area contributed by atoms with Crippen LogP contribution in [0.1, 0.15) is 32.6 Å². The van der Waals surface area contributed by atoms with Crippen molar-refractivity contribution in [2.24, 2.45) is 0 Å². The van der Waals surface area contributed by atoms with Crippen molar-refractivity contribution in [1.82, 2.24) is 4.90 Å². The monoisotopic (exact) mass is 283 g/mol. The van der Waals surface area contributed by atoms with Crippen LogP contribution in [0.2, 0.25) is 0 Å². The van der Waals surface area contributed by atoms with E-state index in [1.165, 1.54) is 0 Å². The van der Waals surface area contributed by atoms with Gasteiger partial charge < -0.3 is 15.1 Å². The fourth-order valence-electron chi connectivity index (χ4n) is 2.56. The van der Waals surface area contributed by atoms with E-state index in [0.29, 0.717) is 17.7 Å². The molecule has 19 heavy (non-hydrogen) atoms. The molecular formula is C11H16F3NO4. The van der Waals surface area contributed by atoms with Crippen molar-refractivity contribution < 1.29 is 33.0 Å². The van der Waals surface area contributed by atoms with Crippen molar-refractivity contribution in [3.8, 4) is 0 Å². The van der Waals surface area contributed by atoms with Crippen molar-refractivity contribution in [3.63, 3.8) is 0 Å². The lowest BCUT2D eigenvalue weighted by atomic mass is 9.93. The smallest absolute Gasteiger partial charge is 0.471 e. The minimum Gasteiger partial charge on any atom is -0.480 e. The molecule has 1 rings (SSSR count). The summed E-state index contributed by atoms with van der Waals surface area (Å²) < 4.78 is 37.9. The third kappa shape index (κ3) is 2.99. The number of nitrogens with zero attached hydrogens (tertiary/aromatic N) is 1. The minimum atomic E-state index is -5.16. The maximum atomic E-state index is 12.6. The highest BCUT2D eigenvalue weighted by molar-refractivity contribution is 5.87. The van der Waals surface area contributed by atoms with E-state index in [4.69, 9.17) is 5.11 Å². The Morgan fingerprint density at radius 1 is 1.32 bits per heavy atom. The van der Waals surface area contributed by atoms with Gasteiger partial charge in [0.1, 0.15) is 6.04 Å². The van der Waals surface area contributed by atoms with E-state index in [1.807, 2.05) is 0 Å². The second-order valence-electron chi connectivity index (χ2n) is 4.78. The molecule has 110 valence electrons. The van der Waals surface area contributed by atoms with Crippen LogP contribution in [-0.2, 0) is 9.59 Å². The molecule has 0 saturated heterocycles. The number of amides is 1. The van der Waals surface area contributed by atoms with Crippen molar-refractivity contribution in [3.05, 3.63) is 0 Å². The molecule has 1 amide bonds. The summed E-state index contributed by atoms with van der Waals surface area (Å²) in [5.41, 5.74) is -1.43. The van der Waals surface area contributed by atoms with Crippen molar-refractivity contribution in [1.29, 1.82) is 0 Å². The second-order valence-corrected chi connectivity index (χ2v) is 4.78. The number of alkyl halides is 3. The van der Waals surface area contributed by atoms with Gasteiger partial charge in [-0.3, -0.25) is 4.79 Å². The molecule has 0 spiro atoms. The number of rotatable bonds is 4. The number of carboxylic acid groups (broad SMARTS) is 1. The molecular weight excluding hydrogens is 267 g/mol. The van der Waals surface area contributed by atoms with Gasteiger partial charge in [0.2, 0.25) is 0 Å². The number of halogens is 3. The molecule has 1 saturated carbocycles. The molecule has 0 aromatic carbocycles. The van der Waals surface area contributed by atoms with Crippen LogP contribution in [0.3, 0.4) is 0 Å². The lowest BCUT2D eigenvalue weighted by Gasteiger charge is -2.42. The zero-order valence-corrected chi connectivity index (χ0v) is 10.4. The summed E-state index contributed by atoms with van der Waals surface area (Å²) in [5.74, 6) is -3.74. The highest BCUT2D eigenvalue weighted by Crippen LogP contribution is 2.38. The molecule has 0 aromatic heterocycles.